The van der Waals surface area contributed by atoms with Crippen molar-refractivity contribution in [1.29, 1.82) is 0 Å². The first-order chi connectivity index (χ1) is 9.92. The number of aryl methyl sites for hydroxylation is 1. The van der Waals surface area contributed by atoms with E-state index in [-0.39, 0.29) is 6.04 Å². The summed E-state index contributed by atoms with van der Waals surface area (Å²) in [5, 5.41) is 0. The second-order valence-corrected chi connectivity index (χ2v) is 8.21. The number of thioether (sulfide) groups is 1. The van der Waals surface area contributed by atoms with Crippen LogP contribution in [-0.4, -0.2) is 42.4 Å². The molecule has 1 rings (SSSR count). The molecule has 0 amide bonds. The highest BCUT2D eigenvalue weighted by Crippen LogP contribution is 2.23. The Morgan fingerprint density at radius 2 is 2.10 bits per heavy atom. The van der Waals surface area contributed by atoms with Crippen molar-refractivity contribution in [2.45, 2.75) is 50.1 Å². The lowest BCUT2D eigenvalue weighted by Gasteiger charge is -2.25. The molecule has 0 aliphatic rings. The van der Waals surface area contributed by atoms with Crippen LogP contribution in [0, 0.1) is 0 Å². The molecule has 0 saturated heterocycles. The molecule has 1 unspecified atom stereocenters. The van der Waals surface area contributed by atoms with Crippen molar-refractivity contribution in [1.82, 2.24) is 8.87 Å². The van der Waals surface area contributed by atoms with Gasteiger partial charge in [0.2, 0.25) is 10.0 Å². The summed E-state index contributed by atoms with van der Waals surface area (Å²) in [6.45, 7) is 4.85. The summed E-state index contributed by atoms with van der Waals surface area (Å²) in [4.78, 5) is 0.341. The van der Waals surface area contributed by atoms with Crippen molar-refractivity contribution in [3.05, 3.63) is 18.0 Å². The smallest absolute Gasteiger partial charge is 0.244 e. The van der Waals surface area contributed by atoms with E-state index < -0.39 is 10.0 Å². The van der Waals surface area contributed by atoms with Crippen LogP contribution in [0.2, 0.25) is 0 Å². The van der Waals surface area contributed by atoms with Gasteiger partial charge in [0.05, 0.1) is 5.88 Å². The monoisotopic (exact) mass is 352 g/mol. The third-order valence-corrected chi connectivity index (χ3v) is 6.45. The Morgan fingerprint density at radius 1 is 1.43 bits per heavy atom. The average Bonchev–Trinajstić information content (AvgIpc) is 2.88. The number of hydrogen-bond acceptors (Lipinski definition) is 3. The Morgan fingerprint density at radius 3 is 2.57 bits per heavy atom. The van der Waals surface area contributed by atoms with Crippen LogP contribution in [0.5, 0.6) is 0 Å². The summed E-state index contributed by atoms with van der Waals surface area (Å²) >= 11 is 7.58. The van der Waals surface area contributed by atoms with E-state index >= 15 is 0 Å². The molecule has 0 radical (unpaired) electrons. The first-order valence-electron chi connectivity index (χ1n) is 7.14. The topological polar surface area (TPSA) is 42.3 Å². The minimum Gasteiger partial charge on any atom is -0.349 e. The van der Waals surface area contributed by atoms with Gasteiger partial charge in [-0.2, -0.15) is 16.1 Å². The average molecular weight is 353 g/mol. The molecule has 0 N–H and O–H groups in total. The molecule has 21 heavy (non-hydrogen) atoms. The molecule has 1 aromatic rings. The van der Waals surface area contributed by atoms with E-state index in [0.717, 1.165) is 30.8 Å². The maximum atomic E-state index is 12.8. The molecule has 1 aromatic heterocycles. The lowest BCUT2D eigenvalue weighted by Crippen LogP contribution is -2.38. The number of nitrogens with zero attached hydrogens (tertiary/aromatic N) is 2. The van der Waals surface area contributed by atoms with E-state index in [0.29, 0.717) is 10.8 Å². The van der Waals surface area contributed by atoms with Crippen LogP contribution in [0.3, 0.4) is 0 Å². The van der Waals surface area contributed by atoms with Gasteiger partial charge in [-0.1, -0.05) is 13.8 Å². The molecule has 0 fully saturated rings. The number of hydrogen-bond donors (Lipinski definition) is 0. The van der Waals surface area contributed by atoms with E-state index in [4.69, 9.17) is 11.6 Å². The predicted molar refractivity (Wildman–Crippen MR) is 91.7 cm³/mol. The Hall–Kier alpha value is -0.170. The third kappa shape index (κ3) is 4.41. The molecule has 1 heterocycles. The van der Waals surface area contributed by atoms with Crippen LogP contribution in [0.25, 0.3) is 0 Å². The maximum Gasteiger partial charge on any atom is 0.244 e. The first-order valence-corrected chi connectivity index (χ1v) is 10.5. The molecule has 0 bridgehead atoms. The van der Waals surface area contributed by atoms with E-state index in [1.807, 2.05) is 17.7 Å². The van der Waals surface area contributed by atoms with E-state index in [9.17, 15) is 8.42 Å². The fourth-order valence-corrected chi connectivity index (χ4v) is 4.92. The Labute approximate surface area is 137 Å². The van der Waals surface area contributed by atoms with Gasteiger partial charge in [-0.25, -0.2) is 8.42 Å². The van der Waals surface area contributed by atoms with Gasteiger partial charge in [0.15, 0.2) is 0 Å². The lowest BCUT2D eigenvalue weighted by molar-refractivity contribution is 0.385. The normalized spacial score (nSPS) is 13.8. The van der Waals surface area contributed by atoms with Gasteiger partial charge in [-0.15, -0.1) is 11.6 Å². The molecule has 0 aliphatic carbocycles. The third-order valence-electron chi connectivity index (χ3n) is 3.58. The highest BCUT2D eigenvalue weighted by Gasteiger charge is 2.28. The van der Waals surface area contributed by atoms with E-state index in [2.05, 4.69) is 6.92 Å². The second-order valence-electron chi connectivity index (χ2n) is 5.03. The fraction of sp³-hybridized carbons (Fsp3) is 0.714. The van der Waals surface area contributed by atoms with Gasteiger partial charge in [0.25, 0.3) is 0 Å². The summed E-state index contributed by atoms with van der Waals surface area (Å²) in [5.74, 6) is 1.12. The lowest BCUT2D eigenvalue weighted by atomic mass is 10.3. The summed E-state index contributed by atoms with van der Waals surface area (Å²) in [7, 11) is -1.80. The van der Waals surface area contributed by atoms with Crippen LogP contribution in [0.1, 0.15) is 32.4 Å². The van der Waals surface area contributed by atoms with Crippen LogP contribution in [-0.2, 0) is 22.4 Å². The summed E-state index contributed by atoms with van der Waals surface area (Å²) in [6.07, 6.45) is 5.44. The molecule has 4 nitrogen and oxygen atoms in total. The van der Waals surface area contributed by atoms with Crippen LogP contribution in [0.4, 0.5) is 0 Å². The molecule has 0 aliphatic heterocycles. The van der Waals surface area contributed by atoms with Gasteiger partial charge in [0.1, 0.15) is 4.90 Å². The number of alkyl halides is 1. The SMILES string of the molecule is CCCn1cc(S(=O)(=O)N(C)C(CC)CSC)cc1CCl. The quantitative estimate of drug-likeness (QED) is 0.640. The number of aromatic nitrogens is 1. The van der Waals surface area contributed by atoms with Gasteiger partial charge < -0.3 is 4.57 Å². The zero-order valence-corrected chi connectivity index (χ0v) is 15.6. The first kappa shape index (κ1) is 18.9. The van der Waals surface area contributed by atoms with Crippen molar-refractivity contribution in [2.75, 3.05) is 19.1 Å². The van der Waals surface area contributed by atoms with Crippen molar-refractivity contribution >= 4 is 33.4 Å². The summed E-state index contributed by atoms with van der Waals surface area (Å²) < 4.78 is 28.9. The Kier molecular flexibility index (Phi) is 7.60. The molecule has 0 saturated carbocycles. The molecular weight excluding hydrogens is 328 g/mol. The number of sulfonamides is 1. The summed E-state index contributed by atoms with van der Waals surface area (Å²) in [5.41, 5.74) is 0.850. The highest BCUT2D eigenvalue weighted by molar-refractivity contribution is 7.98. The minimum absolute atomic E-state index is 0.0129. The van der Waals surface area contributed by atoms with Crippen LogP contribution < -0.4 is 0 Å². The van der Waals surface area contributed by atoms with Crippen molar-refractivity contribution < 1.29 is 8.42 Å². The Bertz CT molecular complexity index is 543. The number of halogens is 1. The van der Waals surface area contributed by atoms with Gasteiger partial charge in [0, 0.05) is 37.3 Å². The summed E-state index contributed by atoms with van der Waals surface area (Å²) in [6, 6.07) is 1.71. The van der Waals surface area contributed by atoms with E-state index in [1.165, 1.54) is 4.31 Å². The number of rotatable bonds is 9. The molecule has 7 heteroatoms. The van der Waals surface area contributed by atoms with Gasteiger partial charge in [-0.05, 0) is 25.2 Å². The standard InChI is InChI=1S/C14H25ClN2O2S2/c1-5-7-17-10-14(8-13(17)9-15)21(18,19)16(3)12(6-2)11-20-4/h8,10,12H,5-7,9,11H2,1-4H3. The molecule has 122 valence electrons. The van der Waals surface area contributed by atoms with Crippen LogP contribution >= 0.6 is 23.4 Å². The van der Waals surface area contributed by atoms with Gasteiger partial charge in [-0.3, -0.25) is 0 Å². The van der Waals surface area contributed by atoms with Crippen molar-refractivity contribution in [3.63, 3.8) is 0 Å². The maximum absolute atomic E-state index is 12.8. The molecule has 0 spiro atoms. The Balaban J connectivity index is 3.12. The van der Waals surface area contributed by atoms with Gasteiger partial charge >= 0.3 is 0 Å². The van der Waals surface area contributed by atoms with Crippen molar-refractivity contribution in [2.24, 2.45) is 0 Å². The fourth-order valence-electron chi connectivity index (χ4n) is 2.26. The molecule has 1 atom stereocenters. The second kappa shape index (κ2) is 8.46. The van der Waals surface area contributed by atoms with Crippen molar-refractivity contribution in [3.8, 4) is 0 Å². The molecular formula is C14H25ClN2O2S2. The minimum atomic E-state index is -3.46. The predicted octanol–water partition coefficient (Wildman–Crippen LogP) is 3.40. The molecule has 0 aromatic carbocycles. The highest BCUT2D eigenvalue weighted by atomic mass is 35.5. The van der Waals surface area contributed by atoms with Crippen LogP contribution in [0.15, 0.2) is 17.2 Å². The van der Waals surface area contributed by atoms with E-state index in [1.54, 1.807) is 31.1 Å². The largest absolute Gasteiger partial charge is 0.349 e. The zero-order valence-electron chi connectivity index (χ0n) is 13.2. The zero-order chi connectivity index (χ0) is 16.0.